The predicted octanol–water partition coefficient (Wildman–Crippen LogP) is 4.76. The van der Waals surface area contributed by atoms with Gasteiger partial charge in [0, 0.05) is 12.3 Å². The van der Waals surface area contributed by atoms with Crippen LogP contribution < -0.4 is 17.0 Å². The molecule has 3 aliphatic carbocycles. The average molecular weight is 548 g/mol. The summed E-state index contributed by atoms with van der Waals surface area (Å²) < 4.78 is 0. The van der Waals surface area contributed by atoms with Gasteiger partial charge in [-0.05, 0) is 73.7 Å². The minimum Gasteiger partial charge on any atom is -1.00 e. The minimum atomic E-state index is -0.586. The van der Waals surface area contributed by atoms with Crippen LogP contribution in [-0.2, 0) is 4.79 Å². The van der Waals surface area contributed by atoms with Crippen LogP contribution >= 0.6 is 0 Å². The molecule has 0 aromatic heterocycles. The van der Waals surface area contributed by atoms with Gasteiger partial charge in [0.1, 0.15) is 5.78 Å². The Kier molecular flexibility index (Phi) is 22.5. The number of ketones is 1. The SMILES string of the molecule is C=CC1(O)CCCC(C)C1C.C=CC1=CCCC(C)C1C.CC1CCCC(=O)C1C.[Br-].[CH-]=C.[Mg+2]. The molecule has 192 valence electrons. The van der Waals surface area contributed by atoms with Crippen LogP contribution in [0, 0.1) is 42.1 Å². The molecule has 3 rings (SSSR count). The van der Waals surface area contributed by atoms with Gasteiger partial charge in [-0.15, -0.1) is 6.58 Å². The maximum atomic E-state index is 11.0. The molecule has 0 saturated heterocycles. The number of halogens is 1. The Hall–Kier alpha value is -0.164. The van der Waals surface area contributed by atoms with Gasteiger partial charge < -0.3 is 28.7 Å². The monoisotopic (exact) mass is 546 g/mol. The summed E-state index contributed by atoms with van der Waals surface area (Å²) in [4.78, 5) is 11.0. The van der Waals surface area contributed by atoms with E-state index in [9.17, 15) is 9.90 Å². The summed E-state index contributed by atoms with van der Waals surface area (Å²) in [7, 11) is 0. The van der Waals surface area contributed by atoms with Crippen molar-refractivity contribution >= 4 is 28.8 Å². The largest absolute Gasteiger partial charge is 2.00 e. The molecule has 0 heterocycles. The third-order valence-electron chi connectivity index (χ3n) is 8.29. The van der Waals surface area contributed by atoms with Gasteiger partial charge in [0.2, 0.25) is 0 Å². The van der Waals surface area contributed by atoms with Gasteiger partial charge in [-0.2, -0.15) is 0 Å². The molecular formula is C30H51BrMgO2. The topological polar surface area (TPSA) is 37.3 Å². The zero-order chi connectivity index (χ0) is 24.9. The maximum absolute atomic E-state index is 11.0. The molecule has 7 atom stereocenters. The molecule has 0 aromatic rings. The molecular weight excluding hydrogens is 497 g/mol. The van der Waals surface area contributed by atoms with Gasteiger partial charge in [0.25, 0.3) is 0 Å². The summed E-state index contributed by atoms with van der Waals surface area (Å²) in [6.07, 6.45) is 15.1. The van der Waals surface area contributed by atoms with E-state index in [0.717, 1.165) is 37.5 Å². The quantitative estimate of drug-likeness (QED) is 0.307. The molecule has 1 N–H and O–H groups in total. The van der Waals surface area contributed by atoms with Crippen molar-refractivity contribution in [3.8, 4) is 0 Å². The van der Waals surface area contributed by atoms with Crippen LogP contribution in [0.5, 0.6) is 0 Å². The Morgan fingerprint density at radius 1 is 0.941 bits per heavy atom. The second-order valence-corrected chi connectivity index (χ2v) is 10.2. The first-order chi connectivity index (χ1) is 15.1. The van der Waals surface area contributed by atoms with Crippen LogP contribution in [0.3, 0.4) is 0 Å². The van der Waals surface area contributed by atoms with Crippen LogP contribution in [-0.4, -0.2) is 39.5 Å². The summed E-state index contributed by atoms with van der Waals surface area (Å²) in [5, 5.41) is 10.0. The van der Waals surface area contributed by atoms with Gasteiger partial charge in [0.05, 0.1) is 5.60 Å². The molecule has 4 heteroatoms. The molecule has 0 amide bonds. The van der Waals surface area contributed by atoms with E-state index in [1.807, 2.05) is 13.0 Å². The van der Waals surface area contributed by atoms with Crippen LogP contribution in [0.1, 0.15) is 92.9 Å². The van der Waals surface area contributed by atoms with Gasteiger partial charge in [-0.3, -0.25) is 11.4 Å². The second-order valence-electron chi connectivity index (χ2n) is 10.2. The fourth-order valence-electron chi connectivity index (χ4n) is 4.91. The van der Waals surface area contributed by atoms with Crippen molar-refractivity contribution in [2.45, 2.75) is 98.5 Å². The Bertz CT molecular complexity index is 617. The van der Waals surface area contributed by atoms with E-state index < -0.39 is 5.60 Å². The Balaban J connectivity index is -0.000000399. The zero-order valence-corrected chi connectivity index (χ0v) is 26.0. The average Bonchev–Trinajstić information content (AvgIpc) is 2.80. The van der Waals surface area contributed by atoms with Gasteiger partial charge in [-0.25, -0.2) is 0 Å². The van der Waals surface area contributed by atoms with Crippen molar-refractivity contribution in [3.05, 3.63) is 50.1 Å². The molecule has 34 heavy (non-hydrogen) atoms. The molecule has 2 fully saturated rings. The number of aliphatic hydroxyl groups is 1. The molecule has 2 saturated carbocycles. The summed E-state index contributed by atoms with van der Waals surface area (Å²) >= 11 is 0. The standard InChI is InChI=1S/C10H18O.C10H16.C8H14O.C2H3.BrH.Mg/c1-4-10(11)7-5-6-8(2)9(10)3;1-4-10-7-5-6-8(2)9(10)3;1-6-4-3-5-8(9)7(6)2;1-2;;/h4,8-9,11H,1,5-7H2,2-3H3;4,7-9H,1,5-6H2,2-3H3;6-7H,3-5H2,1-2H3;1H,2H2;1H;/q;;;-1;;+2/p-1. The Morgan fingerprint density at radius 2 is 1.47 bits per heavy atom. The number of rotatable bonds is 2. The molecule has 0 radical (unpaired) electrons. The number of allylic oxidation sites excluding steroid dienone is 3. The minimum absolute atomic E-state index is 0. The predicted molar refractivity (Wildman–Crippen MR) is 146 cm³/mol. The fraction of sp³-hybridized carbons (Fsp3) is 0.700. The van der Waals surface area contributed by atoms with Crippen molar-refractivity contribution in [1.82, 2.24) is 0 Å². The van der Waals surface area contributed by atoms with Gasteiger partial charge in [0.15, 0.2) is 0 Å². The molecule has 2 nitrogen and oxygen atoms in total. The van der Waals surface area contributed by atoms with Crippen molar-refractivity contribution in [1.29, 1.82) is 0 Å². The van der Waals surface area contributed by atoms with Gasteiger partial charge in [-0.1, -0.05) is 72.8 Å². The molecule has 7 unspecified atom stereocenters. The van der Waals surface area contributed by atoms with Crippen LogP contribution in [0.15, 0.2) is 43.5 Å². The van der Waals surface area contributed by atoms with Crippen molar-refractivity contribution in [2.75, 3.05) is 0 Å². The van der Waals surface area contributed by atoms with E-state index in [4.69, 9.17) is 0 Å². The molecule has 0 spiro atoms. The first kappa shape index (κ1) is 38.4. The summed E-state index contributed by atoms with van der Waals surface area (Å²) in [5.74, 6) is 4.00. The second kappa shape index (κ2) is 20.0. The first-order valence-corrected chi connectivity index (χ1v) is 12.7. The van der Waals surface area contributed by atoms with Gasteiger partial charge >= 0.3 is 23.1 Å². The third-order valence-corrected chi connectivity index (χ3v) is 8.29. The van der Waals surface area contributed by atoms with E-state index >= 15 is 0 Å². The summed E-state index contributed by atoms with van der Waals surface area (Å²) in [6, 6.07) is 0. The Labute approximate surface area is 238 Å². The van der Waals surface area contributed by atoms with Crippen LogP contribution in [0.25, 0.3) is 0 Å². The molecule has 0 bridgehead atoms. The van der Waals surface area contributed by atoms with Crippen molar-refractivity contribution < 1.29 is 26.9 Å². The number of carbonyl (C=O) groups is 1. The van der Waals surface area contributed by atoms with E-state index in [0.29, 0.717) is 29.5 Å². The molecule has 3 aliphatic rings. The Morgan fingerprint density at radius 3 is 1.88 bits per heavy atom. The van der Waals surface area contributed by atoms with Crippen molar-refractivity contribution in [2.24, 2.45) is 35.5 Å². The van der Waals surface area contributed by atoms with E-state index in [-0.39, 0.29) is 40.0 Å². The first-order valence-electron chi connectivity index (χ1n) is 12.7. The number of carbonyl (C=O) groups excluding carboxylic acids is 1. The maximum Gasteiger partial charge on any atom is 2.00 e. The molecule has 0 aliphatic heterocycles. The van der Waals surface area contributed by atoms with E-state index in [2.05, 4.69) is 67.0 Å². The number of hydrogen-bond donors (Lipinski definition) is 1. The fourth-order valence-corrected chi connectivity index (χ4v) is 4.91. The van der Waals surface area contributed by atoms with E-state index in [1.165, 1.54) is 31.3 Å². The van der Waals surface area contributed by atoms with Crippen LogP contribution in [0.2, 0.25) is 0 Å². The smallest absolute Gasteiger partial charge is 1.00 e. The number of Topliss-reactive ketones (excluding diaryl/α,β-unsaturated/α-hetero) is 1. The van der Waals surface area contributed by atoms with Crippen molar-refractivity contribution in [3.63, 3.8) is 0 Å². The molecule has 0 aromatic carbocycles. The third kappa shape index (κ3) is 12.2. The normalized spacial score (nSPS) is 34.3. The zero-order valence-electron chi connectivity index (χ0n) is 23.0. The van der Waals surface area contributed by atoms with Crippen LogP contribution in [0.4, 0.5) is 0 Å². The summed E-state index contributed by atoms with van der Waals surface area (Å²) in [5.41, 5.74) is 0.858. The summed E-state index contributed by atoms with van der Waals surface area (Å²) in [6.45, 7) is 27.6. The number of hydrogen-bond acceptors (Lipinski definition) is 2. The van der Waals surface area contributed by atoms with E-state index in [1.54, 1.807) is 6.08 Å².